The van der Waals surface area contributed by atoms with Gasteiger partial charge >= 0.3 is 0 Å². The van der Waals surface area contributed by atoms with Crippen LogP contribution in [0, 0.1) is 0 Å². The normalized spacial score (nSPS) is 23.2. The average Bonchev–Trinajstić information content (AvgIpc) is 3.14. The highest BCUT2D eigenvalue weighted by atomic mass is 19.1. The number of rotatable bonds is 6. The Morgan fingerprint density at radius 3 is 2.38 bits per heavy atom. The number of ether oxygens (including phenoxy) is 1. The van der Waals surface area contributed by atoms with Crippen LogP contribution in [0.4, 0.5) is 22.2 Å². The second-order valence-electron chi connectivity index (χ2n) is 8.07. The molecule has 7 nitrogen and oxygen atoms in total. The molecule has 2 fully saturated rings. The smallest absolute Gasteiger partial charge is 0.233 e. The molecule has 1 unspecified atom stereocenters. The highest BCUT2D eigenvalue weighted by Gasteiger charge is 2.22. The molecule has 1 atom stereocenters. The average molecular weight is 403 g/mol. The molecule has 2 aliphatic carbocycles. The van der Waals surface area contributed by atoms with Crippen molar-refractivity contribution in [3.05, 3.63) is 23.6 Å². The van der Waals surface area contributed by atoms with Crippen molar-refractivity contribution in [3.63, 3.8) is 0 Å². The molecule has 0 aromatic carbocycles. The van der Waals surface area contributed by atoms with E-state index in [9.17, 15) is 4.39 Å². The number of halogens is 1. The van der Waals surface area contributed by atoms with E-state index in [4.69, 9.17) is 9.72 Å². The molecule has 0 amide bonds. The maximum atomic E-state index is 14.2. The standard InChI is InChI=1S/C21H31FN6O/c1-29-18-11-10-16(14-17(18)22)24-20-25-19(23-15-8-4-2-3-5-9-15)26-21(27-20)28-12-6-7-13-28/h10-11,15,17H,2-9,12-14H2,1H3,(H2,23,24,25,26,27). The molecule has 2 N–H and O–H groups in total. The van der Waals surface area contributed by atoms with Crippen molar-refractivity contribution >= 4 is 17.8 Å². The van der Waals surface area contributed by atoms with Crippen molar-refractivity contribution in [1.29, 1.82) is 0 Å². The van der Waals surface area contributed by atoms with Crippen molar-refractivity contribution in [2.75, 3.05) is 35.7 Å². The van der Waals surface area contributed by atoms with Crippen LogP contribution in [-0.4, -0.2) is 47.4 Å². The Balaban J connectivity index is 1.54. The van der Waals surface area contributed by atoms with Gasteiger partial charge in [-0.3, -0.25) is 0 Å². The van der Waals surface area contributed by atoms with E-state index in [1.54, 1.807) is 6.08 Å². The number of hydrogen-bond acceptors (Lipinski definition) is 7. The van der Waals surface area contributed by atoms with Crippen molar-refractivity contribution in [3.8, 4) is 0 Å². The summed E-state index contributed by atoms with van der Waals surface area (Å²) in [6.07, 6.45) is 12.2. The van der Waals surface area contributed by atoms with Gasteiger partial charge in [-0.15, -0.1) is 0 Å². The lowest BCUT2D eigenvalue weighted by Gasteiger charge is -2.22. The molecular formula is C21H31FN6O. The maximum absolute atomic E-state index is 14.2. The second kappa shape index (κ2) is 9.41. The first kappa shape index (κ1) is 19.9. The van der Waals surface area contributed by atoms with E-state index in [0.29, 0.717) is 29.6 Å². The number of hydrogen-bond donors (Lipinski definition) is 2. The molecule has 8 heteroatoms. The van der Waals surface area contributed by atoms with Gasteiger partial charge in [-0.25, -0.2) is 4.39 Å². The minimum atomic E-state index is -1.16. The largest absolute Gasteiger partial charge is 0.498 e. The zero-order valence-corrected chi connectivity index (χ0v) is 17.2. The second-order valence-corrected chi connectivity index (χ2v) is 8.07. The van der Waals surface area contributed by atoms with E-state index in [1.807, 2.05) is 6.08 Å². The van der Waals surface area contributed by atoms with E-state index in [2.05, 4.69) is 25.5 Å². The molecule has 0 bridgehead atoms. The van der Waals surface area contributed by atoms with Crippen molar-refractivity contribution in [2.24, 2.45) is 0 Å². The first-order chi connectivity index (χ1) is 14.2. The predicted octanol–water partition coefficient (Wildman–Crippen LogP) is 4.17. The molecule has 1 aliphatic heterocycles. The van der Waals surface area contributed by atoms with Crippen molar-refractivity contribution < 1.29 is 9.13 Å². The SMILES string of the molecule is COC1=CC=C(Nc2nc(NC3CCCCCC3)nc(N3CCCC3)n2)CC1F. The number of allylic oxidation sites excluding steroid dienone is 4. The zero-order valence-electron chi connectivity index (χ0n) is 17.2. The van der Waals surface area contributed by atoms with E-state index in [0.717, 1.165) is 44.5 Å². The Kier molecular flexibility index (Phi) is 6.46. The van der Waals surface area contributed by atoms with Crippen molar-refractivity contribution in [2.45, 2.75) is 70.0 Å². The van der Waals surface area contributed by atoms with Crippen LogP contribution in [-0.2, 0) is 4.74 Å². The van der Waals surface area contributed by atoms with E-state index < -0.39 is 6.17 Å². The number of nitrogens with zero attached hydrogens (tertiary/aromatic N) is 4. The summed E-state index contributed by atoms with van der Waals surface area (Å²) in [7, 11) is 1.49. The Labute approximate surface area is 171 Å². The summed E-state index contributed by atoms with van der Waals surface area (Å²) in [4.78, 5) is 16.1. The topological polar surface area (TPSA) is 75.2 Å². The van der Waals surface area contributed by atoms with Gasteiger partial charge in [-0.1, -0.05) is 25.7 Å². The minimum Gasteiger partial charge on any atom is -0.498 e. The lowest BCUT2D eigenvalue weighted by Crippen LogP contribution is -2.25. The quantitative estimate of drug-likeness (QED) is 0.692. The van der Waals surface area contributed by atoms with Gasteiger partial charge in [0.25, 0.3) is 0 Å². The summed E-state index contributed by atoms with van der Waals surface area (Å²) in [6, 6.07) is 0.399. The van der Waals surface area contributed by atoms with Crippen molar-refractivity contribution in [1.82, 2.24) is 15.0 Å². The Morgan fingerprint density at radius 2 is 1.69 bits per heavy atom. The Morgan fingerprint density at radius 1 is 0.966 bits per heavy atom. The summed E-state index contributed by atoms with van der Waals surface area (Å²) in [5.41, 5.74) is 0.734. The molecule has 2 heterocycles. The van der Waals surface area contributed by atoms with Gasteiger partial charge in [0.2, 0.25) is 17.8 Å². The van der Waals surface area contributed by atoms with Crippen LogP contribution in [0.3, 0.4) is 0 Å². The fraction of sp³-hybridized carbons (Fsp3) is 0.667. The van der Waals surface area contributed by atoms with Crippen LogP contribution in [0.15, 0.2) is 23.6 Å². The molecule has 0 spiro atoms. The van der Waals surface area contributed by atoms with Gasteiger partial charge in [-0.05, 0) is 37.8 Å². The molecule has 1 saturated heterocycles. The number of methoxy groups -OCH3 is 1. The molecule has 1 saturated carbocycles. The third-order valence-corrected chi connectivity index (χ3v) is 5.87. The maximum Gasteiger partial charge on any atom is 0.233 e. The molecule has 3 aliphatic rings. The number of anilines is 3. The molecule has 1 aromatic heterocycles. The molecular weight excluding hydrogens is 371 g/mol. The lowest BCUT2D eigenvalue weighted by atomic mass is 10.1. The summed E-state index contributed by atoms with van der Waals surface area (Å²) in [5, 5.41) is 6.73. The monoisotopic (exact) mass is 402 g/mol. The van der Waals surface area contributed by atoms with Gasteiger partial charge < -0.3 is 20.3 Å². The molecule has 0 radical (unpaired) electrons. The summed E-state index contributed by atoms with van der Waals surface area (Å²) in [5.74, 6) is 2.11. The first-order valence-corrected chi connectivity index (χ1v) is 10.8. The first-order valence-electron chi connectivity index (χ1n) is 10.8. The van der Waals surface area contributed by atoms with Gasteiger partial charge in [0, 0.05) is 31.2 Å². The fourth-order valence-corrected chi connectivity index (χ4v) is 4.23. The summed E-state index contributed by atoms with van der Waals surface area (Å²) in [6.45, 7) is 1.92. The Bertz CT molecular complexity index is 754. The molecule has 1 aromatic rings. The van der Waals surface area contributed by atoms with Gasteiger partial charge in [0.1, 0.15) is 5.76 Å². The molecule has 4 rings (SSSR count). The highest BCUT2D eigenvalue weighted by molar-refractivity contribution is 5.48. The third-order valence-electron chi connectivity index (χ3n) is 5.87. The number of nitrogens with one attached hydrogen (secondary N) is 2. The van der Waals surface area contributed by atoms with Gasteiger partial charge in [0.05, 0.1) is 7.11 Å². The van der Waals surface area contributed by atoms with E-state index in [-0.39, 0.29) is 6.42 Å². The van der Waals surface area contributed by atoms with Crippen LogP contribution in [0.25, 0.3) is 0 Å². The summed E-state index contributed by atoms with van der Waals surface area (Å²) < 4.78 is 19.3. The zero-order chi connectivity index (χ0) is 20.1. The van der Waals surface area contributed by atoms with Crippen LogP contribution in [0.2, 0.25) is 0 Å². The van der Waals surface area contributed by atoms with Crippen LogP contribution in [0.1, 0.15) is 57.8 Å². The predicted molar refractivity (Wildman–Crippen MR) is 113 cm³/mol. The van der Waals surface area contributed by atoms with Crippen LogP contribution in [0.5, 0.6) is 0 Å². The highest BCUT2D eigenvalue weighted by Crippen LogP contribution is 2.26. The van der Waals surface area contributed by atoms with Crippen LogP contribution >= 0.6 is 0 Å². The van der Waals surface area contributed by atoms with E-state index >= 15 is 0 Å². The Hall–Kier alpha value is -2.38. The molecule has 158 valence electrons. The van der Waals surface area contributed by atoms with Crippen LogP contribution < -0.4 is 15.5 Å². The number of aromatic nitrogens is 3. The van der Waals surface area contributed by atoms with Gasteiger partial charge in [0.15, 0.2) is 6.17 Å². The molecule has 29 heavy (non-hydrogen) atoms. The van der Waals surface area contributed by atoms with E-state index in [1.165, 1.54) is 32.8 Å². The summed E-state index contributed by atoms with van der Waals surface area (Å²) >= 11 is 0. The fourth-order valence-electron chi connectivity index (χ4n) is 4.23. The minimum absolute atomic E-state index is 0.218. The lowest BCUT2D eigenvalue weighted by molar-refractivity contribution is 0.201. The van der Waals surface area contributed by atoms with Gasteiger partial charge in [-0.2, -0.15) is 15.0 Å². The third kappa shape index (κ3) is 5.16. The number of alkyl halides is 1.